The Morgan fingerprint density at radius 1 is 1.33 bits per heavy atom. The van der Waals surface area contributed by atoms with E-state index in [0.29, 0.717) is 5.76 Å². The summed E-state index contributed by atoms with van der Waals surface area (Å²) >= 11 is 0. The number of hydrogen-bond donors (Lipinski definition) is 0. The number of carbonyl (C=O) groups is 1. The molecule has 0 radical (unpaired) electrons. The Morgan fingerprint density at radius 3 is 2.58 bits per heavy atom. The van der Waals surface area contributed by atoms with Crippen molar-refractivity contribution < 1.29 is 22.9 Å². The summed E-state index contributed by atoms with van der Waals surface area (Å²) < 4.78 is 31.5. The van der Waals surface area contributed by atoms with E-state index in [9.17, 15) is 23.3 Å². The zero-order valence-corrected chi connectivity index (χ0v) is 13.9. The summed E-state index contributed by atoms with van der Waals surface area (Å²) in [5.41, 5.74) is -0.472. The summed E-state index contributed by atoms with van der Waals surface area (Å²) in [6.45, 7) is 3.89. The van der Waals surface area contributed by atoms with Gasteiger partial charge in [0, 0.05) is 12.6 Å². The molecule has 0 spiro atoms. The molecule has 2 heterocycles. The Morgan fingerprint density at radius 2 is 2.00 bits per heavy atom. The second-order valence-corrected chi connectivity index (χ2v) is 7.93. The Balaban J connectivity index is 1.86. The lowest BCUT2D eigenvalue weighted by Crippen LogP contribution is -2.17. The molecule has 1 fully saturated rings. The molecule has 1 aromatic rings. The number of hydrogen-bond acceptors (Lipinski definition) is 6. The minimum Gasteiger partial charge on any atom is -0.429 e. The molecule has 24 heavy (non-hydrogen) atoms. The first kappa shape index (κ1) is 16.6. The molecule has 0 N–H and O–H groups in total. The number of carbonyl (C=O) groups excluding carboxylic acids is 1. The molecule has 3 atom stereocenters. The van der Waals surface area contributed by atoms with Gasteiger partial charge in [-0.1, -0.05) is 26.0 Å². The fourth-order valence-electron chi connectivity index (χ4n) is 2.68. The van der Waals surface area contributed by atoms with E-state index in [4.69, 9.17) is 4.74 Å². The van der Waals surface area contributed by atoms with Gasteiger partial charge < -0.3 is 4.74 Å². The molecule has 0 aliphatic carbocycles. The molecular formula is C15H16N2O6S. The fraction of sp³-hybridized carbons (Fsp3) is 0.400. The van der Waals surface area contributed by atoms with Gasteiger partial charge in [-0.3, -0.25) is 14.9 Å². The highest BCUT2D eigenvalue weighted by Crippen LogP contribution is 2.39. The van der Waals surface area contributed by atoms with Gasteiger partial charge in [-0.05, 0) is 18.1 Å². The van der Waals surface area contributed by atoms with Gasteiger partial charge in [0.25, 0.3) is 15.7 Å². The van der Waals surface area contributed by atoms with Crippen LogP contribution in [0.1, 0.15) is 13.8 Å². The number of sulfonamides is 1. The van der Waals surface area contributed by atoms with Gasteiger partial charge in [-0.2, -0.15) is 4.31 Å². The maximum atomic E-state index is 12.6. The number of nitro benzene ring substituents is 1. The van der Waals surface area contributed by atoms with E-state index >= 15 is 0 Å². The van der Waals surface area contributed by atoms with Gasteiger partial charge in [-0.15, -0.1) is 0 Å². The van der Waals surface area contributed by atoms with Gasteiger partial charge in [0.05, 0.1) is 16.9 Å². The van der Waals surface area contributed by atoms with Crippen LogP contribution < -0.4 is 0 Å². The van der Waals surface area contributed by atoms with Crippen LogP contribution in [-0.4, -0.2) is 36.2 Å². The molecule has 2 aliphatic rings. The van der Waals surface area contributed by atoms with Crippen LogP contribution in [0, 0.1) is 22.0 Å². The van der Waals surface area contributed by atoms with Crippen LogP contribution in [0.15, 0.2) is 41.0 Å². The van der Waals surface area contributed by atoms with Crippen LogP contribution in [0.25, 0.3) is 0 Å². The molecule has 9 heteroatoms. The molecule has 128 valence electrons. The predicted molar refractivity (Wildman–Crippen MR) is 83.3 cm³/mol. The second-order valence-electron chi connectivity index (χ2n) is 6.08. The summed E-state index contributed by atoms with van der Waals surface area (Å²) in [6, 6.07) is 4.61. The minimum absolute atomic E-state index is 0.0500. The average molecular weight is 352 g/mol. The van der Waals surface area contributed by atoms with E-state index in [0.717, 1.165) is 10.4 Å². The van der Waals surface area contributed by atoms with E-state index in [1.54, 1.807) is 6.08 Å². The normalized spacial score (nSPS) is 26.2. The third kappa shape index (κ3) is 2.69. The van der Waals surface area contributed by atoms with Crippen LogP contribution in [0.4, 0.5) is 5.69 Å². The van der Waals surface area contributed by atoms with E-state index in [1.807, 2.05) is 13.8 Å². The molecule has 3 rings (SSSR count). The maximum Gasteiger partial charge on any atom is 0.318 e. The number of rotatable bonds is 5. The fourth-order valence-corrected chi connectivity index (χ4v) is 4.37. The summed E-state index contributed by atoms with van der Waals surface area (Å²) in [5.74, 6) is -0.430. The first-order valence-corrected chi connectivity index (χ1v) is 8.86. The molecule has 0 bridgehead atoms. The molecule has 0 amide bonds. The highest BCUT2D eigenvalue weighted by Gasteiger charge is 2.52. The monoisotopic (exact) mass is 352 g/mol. The smallest absolute Gasteiger partial charge is 0.318 e. The Bertz CT molecular complexity index is 845. The second kappa shape index (κ2) is 5.67. The maximum absolute atomic E-state index is 12.6. The van der Waals surface area contributed by atoms with Crippen molar-refractivity contribution in [1.29, 1.82) is 0 Å². The van der Waals surface area contributed by atoms with E-state index in [1.165, 1.54) is 18.2 Å². The SMILES string of the molecule is CC(C)[C@H]1C=C(C2CN2S(=O)(=O)c2ccccc2[N+](=O)[O-])OC1=O. The lowest BCUT2D eigenvalue weighted by Gasteiger charge is -2.07. The van der Waals surface area contributed by atoms with Gasteiger partial charge in [0.15, 0.2) is 4.90 Å². The van der Waals surface area contributed by atoms with Crippen molar-refractivity contribution in [1.82, 2.24) is 4.31 Å². The van der Waals surface area contributed by atoms with Crippen molar-refractivity contribution in [3.8, 4) is 0 Å². The third-order valence-corrected chi connectivity index (χ3v) is 6.02. The highest BCUT2D eigenvalue weighted by molar-refractivity contribution is 7.89. The summed E-state index contributed by atoms with van der Waals surface area (Å²) in [7, 11) is -4.02. The van der Waals surface area contributed by atoms with Gasteiger partial charge in [0.2, 0.25) is 0 Å². The predicted octanol–water partition coefficient (Wildman–Crippen LogP) is 1.68. The Hall–Kier alpha value is -2.26. The minimum atomic E-state index is -4.02. The van der Waals surface area contributed by atoms with E-state index < -0.39 is 38.6 Å². The number of para-hydroxylation sites is 1. The van der Waals surface area contributed by atoms with Crippen LogP contribution in [-0.2, 0) is 19.6 Å². The van der Waals surface area contributed by atoms with Crippen LogP contribution >= 0.6 is 0 Å². The lowest BCUT2D eigenvalue weighted by molar-refractivity contribution is -0.387. The first-order chi connectivity index (χ1) is 11.2. The molecule has 8 nitrogen and oxygen atoms in total. The van der Waals surface area contributed by atoms with Crippen molar-refractivity contribution in [2.75, 3.05) is 6.54 Å². The van der Waals surface area contributed by atoms with Gasteiger partial charge in [0.1, 0.15) is 5.76 Å². The van der Waals surface area contributed by atoms with Crippen LogP contribution in [0.3, 0.4) is 0 Å². The number of esters is 1. The number of nitrogens with zero attached hydrogens (tertiary/aromatic N) is 2. The largest absolute Gasteiger partial charge is 0.429 e. The number of ether oxygens (including phenoxy) is 1. The molecule has 0 aromatic heterocycles. The standard InChI is InChI=1S/C15H16N2O6S/c1-9(2)10-7-13(23-15(10)18)12-8-16(12)24(21,22)14-6-4-3-5-11(14)17(19)20/h3-7,9-10,12H,8H2,1-2H3/t10-,12?,16?/m1/s1. The number of cyclic esters (lactones) is 1. The van der Waals surface area contributed by atoms with Crippen molar-refractivity contribution in [3.63, 3.8) is 0 Å². The molecule has 2 unspecified atom stereocenters. The average Bonchev–Trinajstić information content (AvgIpc) is 3.24. The van der Waals surface area contributed by atoms with Crippen molar-refractivity contribution in [2.45, 2.75) is 24.8 Å². The number of nitro groups is 1. The zero-order chi connectivity index (χ0) is 17.6. The van der Waals surface area contributed by atoms with Crippen molar-refractivity contribution in [2.24, 2.45) is 11.8 Å². The molecule has 2 aliphatic heterocycles. The first-order valence-electron chi connectivity index (χ1n) is 7.42. The highest BCUT2D eigenvalue weighted by atomic mass is 32.2. The molecule has 1 saturated heterocycles. The summed E-state index contributed by atoms with van der Waals surface area (Å²) in [5, 5.41) is 11.1. The van der Waals surface area contributed by atoms with Gasteiger partial charge in [-0.25, -0.2) is 8.42 Å². The van der Waals surface area contributed by atoms with Crippen molar-refractivity contribution in [3.05, 3.63) is 46.2 Å². The topological polar surface area (TPSA) is 107 Å². The lowest BCUT2D eigenvalue weighted by atomic mass is 9.97. The van der Waals surface area contributed by atoms with E-state index in [-0.39, 0.29) is 17.4 Å². The third-order valence-electron chi connectivity index (χ3n) is 4.10. The number of benzene rings is 1. The van der Waals surface area contributed by atoms with Crippen LogP contribution in [0.5, 0.6) is 0 Å². The molecule has 1 aromatic carbocycles. The zero-order valence-electron chi connectivity index (χ0n) is 13.1. The summed E-state index contributed by atoms with van der Waals surface area (Å²) in [6.07, 6.45) is 1.65. The van der Waals surface area contributed by atoms with Crippen molar-refractivity contribution >= 4 is 21.7 Å². The molecule has 0 saturated carbocycles. The Kier molecular flexibility index (Phi) is 3.92. The van der Waals surface area contributed by atoms with E-state index in [2.05, 4.69) is 0 Å². The van der Waals surface area contributed by atoms with Gasteiger partial charge >= 0.3 is 5.97 Å². The Labute approximate surface area is 138 Å². The van der Waals surface area contributed by atoms with Crippen LogP contribution in [0.2, 0.25) is 0 Å². The molecular weight excluding hydrogens is 336 g/mol. The quantitative estimate of drug-likeness (QED) is 0.345. The summed E-state index contributed by atoms with van der Waals surface area (Å²) in [4.78, 5) is 21.8.